The van der Waals surface area contributed by atoms with Crippen LogP contribution in [0.15, 0.2) is 12.1 Å². The van der Waals surface area contributed by atoms with Gasteiger partial charge in [0.2, 0.25) is 6.79 Å². The summed E-state index contributed by atoms with van der Waals surface area (Å²) in [7, 11) is 3.99. The van der Waals surface area contributed by atoms with Gasteiger partial charge in [-0.3, -0.25) is 0 Å². The van der Waals surface area contributed by atoms with Crippen LogP contribution in [0.1, 0.15) is 5.82 Å². The second-order valence-electron chi connectivity index (χ2n) is 4.84. The Morgan fingerprint density at radius 1 is 1.32 bits per heavy atom. The van der Waals surface area contributed by atoms with Gasteiger partial charge in [-0.15, -0.1) is 0 Å². The Labute approximate surface area is 111 Å². The van der Waals surface area contributed by atoms with Crippen molar-refractivity contribution in [3.63, 3.8) is 0 Å². The first-order valence-corrected chi connectivity index (χ1v) is 6.23. The van der Waals surface area contributed by atoms with E-state index in [0.29, 0.717) is 6.54 Å². The summed E-state index contributed by atoms with van der Waals surface area (Å²) in [6.07, 6.45) is 0. The molecular formula is C13H17N3O3. The second kappa shape index (κ2) is 4.71. The summed E-state index contributed by atoms with van der Waals surface area (Å²) in [6.45, 7) is 1.59. The van der Waals surface area contributed by atoms with E-state index in [2.05, 4.69) is 9.88 Å². The molecule has 19 heavy (non-hydrogen) atoms. The molecule has 0 amide bonds. The average molecular weight is 263 g/mol. The van der Waals surface area contributed by atoms with Crippen molar-refractivity contribution in [3.8, 4) is 11.5 Å². The van der Waals surface area contributed by atoms with Crippen molar-refractivity contribution in [2.75, 3.05) is 27.5 Å². The zero-order valence-electron chi connectivity index (χ0n) is 11.1. The molecule has 0 aliphatic carbocycles. The third-order valence-corrected chi connectivity index (χ3v) is 3.10. The average Bonchev–Trinajstić information content (AvgIpc) is 2.92. The van der Waals surface area contributed by atoms with E-state index >= 15 is 0 Å². The summed E-state index contributed by atoms with van der Waals surface area (Å²) in [5.74, 6) is 2.40. The maximum atomic E-state index is 9.23. The van der Waals surface area contributed by atoms with Gasteiger partial charge < -0.3 is 24.0 Å². The number of benzene rings is 1. The molecule has 2 heterocycles. The fourth-order valence-electron chi connectivity index (χ4n) is 2.32. The molecule has 0 spiro atoms. The predicted octanol–water partition coefficient (Wildman–Crippen LogP) is 0.819. The largest absolute Gasteiger partial charge is 0.454 e. The molecule has 1 aromatic carbocycles. The Morgan fingerprint density at radius 2 is 2.05 bits per heavy atom. The van der Waals surface area contributed by atoms with Crippen LogP contribution in [0.5, 0.6) is 11.5 Å². The second-order valence-corrected chi connectivity index (χ2v) is 4.84. The fourth-order valence-corrected chi connectivity index (χ4v) is 2.32. The van der Waals surface area contributed by atoms with Gasteiger partial charge in [0, 0.05) is 18.7 Å². The summed E-state index contributed by atoms with van der Waals surface area (Å²) in [5, 5.41) is 9.23. The lowest BCUT2D eigenvalue weighted by Gasteiger charge is -2.11. The third kappa shape index (κ3) is 2.13. The van der Waals surface area contributed by atoms with Crippen molar-refractivity contribution in [1.82, 2.24) is 14.5 Å². The van der Waals surface area contributed by atoms with Crippen molar-refractivity contribution < 1.29 is 14.6 Å². The van der Waals surface area contributed by atoms with E-state index < -0.39 is 0 Å². The molecule has 6 heteroatoms. The number of imidazole rings is 1. The molecule has 1 aromatic heterocycles. The van der Waals surface area contributed by atoms with Crippen LogP contribution in [0, 0.1) is 0 Å². The van der Waals surface area contributed by atoms with Gasteiger partial charge in [-0.2, -0.15) is 0 Å². The standard InChI is InChI=1S/C13H17N3O3/c1-15(2)7-13-14-9-5-11-12(19-8-18-11)6-10(9)16(13)3-4-17/h5-6,17H,3-4,7-8H2,1-2H3. The Hall–Kier alpha value is -1.79. The number of hydrogen-bond acceptors (Lipinski definition) is 5. The molecule has 1 aliphatic rings. The van der Waals surface area contributed by atoms with Gasteiger partial charge in [-0.25, -0.2) is 4.98 Å². The highest BCUT2D eigenvalue weighted by Crippen LogP contribution is 2.36. The first-order valence-electron chi connectivity index (χ1n) is 6.23. The lowest BCUT2D eigenvalue weighted by molar-refractivity contribution is 0.174. The molecule has 1 N–H and O–H groups in total. The molecular weight excluding hydrogens is 246 g/mol. The molecule has 0 saturated heterocycles. The van der Waals surface area contributed by atoms with Crippen LogP contribution in [-0.2, 0) is 13.1 Å². The van der Waals surface area contributed by atoms with Gasteiger partial charge in [0.25, 0.3) is 0 Å². The SMILES string of the molecule is CN(C)Cc1nc2cc3c(cc2n1CCO)OCO3. The third-order valence-electron chi connectivity index (χ3n) is 3.10. The van der Waals surface area contributed by atoms with Crippen molar-refractivity contribution >= 4 is 11.0 Å². The van der Waals surface area contributed by atoms with Crippen molar-refractivity contribution in [3.05, 3.63) is 18.0 Å². The van der Waals surface area contributed by atoms with Crippen LogP contribution in [0.4, 0.5) is 0 Å². The van der Waals surface area contributed by atoms with Crippen LogP contribution in [0.3, 0.4) is 0 Å². The zero-order chi connectivity index (χ0) is 13.4. The normalized spacial score (nSPS) is 13.7. The molecule has 1 aliphatic heterocycles. The van der Waals surface area contributed by atoms with E-state index in [-0.39, 0.29) is 13.4 Å². The molecule has 102 valence electrons. The molecule has 2 aromatic rings. The number of nitrogens with zero attached hydrogens (tertiary/aromatic N) is 3. The fraction of sp³-hybridized carbons (Fsp3) is 0.462. The summed E-state index contributed by atoms with van der Waals surface area (Å²) in [5.41, 5.74) is 1.84. The molecule has 0 fully saturated rings. The first kappa shape index (κ1) is 12.3. The van der Waals surface area contributed by atoms with E-state index in [9.17, 15) is 5.11 Å². The Balaban J connectivity index is 2.13. The molecule has 0 radical (unpaired) electrons. The summed E-state index contributed by atoms with van der Waals surface area (Å²) in [6, 6.07) is 3.82. The van der Waals surface area contributed by atoms with E-state index in [1.54, 1.807) is 0 Å². The highest BCUT2D eigenvalue weighted by atomic mass is 16.7. The number of rotatable bonds is 4. The highest BCUT2D eigenvalue weighted by molar-refractivity contribution is 5.81. The molecule has 0 unspecified atom stereocenters. The van der Waals surface area contributed by atoms with E-state index in [1.807, 2.05) is 30.8 Å². The molecule has 0 bridgehead atoms. The Bertz CT molecular complexity index is 607. The predicted molar refractivity (Wildman–Crippen MR) is 70.3 cm³/mol. The smallest absolute Gasteiger partial charge is 0.231 e. The Kier molecular flexibility index (Phi) is 3.04. The molecule has 3 rings (SSSR count). The van der Waals surface area contributed by atoms with Crippen molar-refractivity contribution in [2.24, 2.45) is 0 Å². The number of aliphatic hydroxyl groups excluding tert-OH is 1. The van der Waals surface area contributed by atoms with Crippen LogP contribution in [0.2, 0.25) is 0 Å². The summed E-state index contributed by atoms with van der Waals surface area (Å²) >= 11 is 0. The minimum atomic E-state index is 0.0837. The molecule has 0 atom stereocenters. The minimum absolute atomic E-state index is 0.0837. The van der Waals surface area contributed by atoms with E-state index in [4.69, 9.17) is 9.47 Å². The van der Waals surface area contributed by atoms with Gasteiger partial charge in [0.1, 0.15) is 5.82 Å². The topological polar surface area (TPSA) is 59.8 Å². The summed E-state index contributed by atoms with van der Waals surface area (Å²) < 4.78 is 12.8. The van der Waals surface area contributed by atoms with E-state index in [1.165, 1.54) is 0 Å². The van der Waals surface area contributed by atoms with Crippen LogP contribution >= 0.6 is 0 Å². The van der Waals surface area contributed by atoms with Crippen LogP contribution in [-0.4, -0.2) is 47.1 Å². The highest BCUT2D eigenvalue weighted by Gasteiger charge is 2.19. The van der Waals surface area contributed by atoms with Gasteiger partial charge in [0.05, 0.1) is 24.2 Å². The lowest BCUT2D eigenvalue weighted by atomic mass is 10.2. The zero-order valence-corrected chi connectivity index (χ0v) is 11.1. The van der Waals surface area contributed by atoms with Crippen LogP contribution in [0.25, 0.3) is 11.0 Å². The quantitative estimate of drug-likeness (QED) is 0.885. The van der Waals surface area contributed by atoms with Crippen molar-refractivity contribution in [2.45, 2.75) is 13.1 Å². The van der Waals surface area contributed by atoms with Gasteiger partial charge in [-0.05, 0) is 14.1 Å². The maximum absolute atomic E-state index is 9.23. The van der Waals surface area contributed by atoms with Gasteiger partial charge in [0.15, 0.2) is 11.5 Å². The van der Waals surface area contributed by atoms with E-state index in [0.717, 1.165) is 34.9 Å². The van der Waals surface area contributed by atoms with Gasteiger partial charge >= 0.3 is 0 Å². The molecule has 6 nitrogen and oxygen atoms in total. The monoisotopic (exact) mass is 263 g/mol. The number of aromatic nitrogens is 2. The first-order chi connectivity index (χ1) is 9.19. The molecule has 0 saturated carbocycles. The summed E-state index contributed by atoms with van der Waals surface area (Å²) in [4.78, 5) is 6.67. The van der Waals surface area contributed by atoms with Gasteiger partial charge in [-0.1, -0.05) is 0 Å². The number of fused-ring (bicyclic) bond motifs is 2. The Morgan fingerprint density at radius 3 is 2.74 bits per heavy atom. The van der Waals surface area contributed by atoms with Crippen molar-refractivity contribution in [1.29, 1.82) is 0 Å². The number of aliphatic hydroxyl groups is 1. The lowest BCUT2D eigenvalue weighted by Crippen LogP contribution is -2.16. The number of hydrogen-bond donors (Lipinski definition) is 1. The minimum Gasteiger partial charge on any atom is -0.454 e. The number of ether oxygens (including phenoxy) is 2. The van der Waals surface area contributed by atoms with Crippen LogP contribution < -0.4 is 9.47 Å². The maximum Gasteiger partial charge on any atom is 0.231 e.